The lowest BCUT2D eigenvalue weighted by Gasteiger charge is -2.09. The van der Waals surface area contributed by atoms with Crippen molar-refractivity contribution in [1.82, 2.24) is 0 Å². The number of benzene rings is 2. The van der Waals surface area contributed by atoms with Crippen LogP contribution in [0.15, 0.2) is 48.5 Å². The van der Waals surface area contributed by atoms with Gasteiger partial charge in [0.1, 0.15) is 5.75 Å². The van der Waals surface area contributed by atoms with E-state index in [0.29, 0.717) is 17.0 Å². The monoisotopic (exact) mass is 285 g/mol. The van der Waals surface area contributed by atoms with E-state index in [1.165, 1.54) is 6.07 Å². The fourth-order valence-electron chi connectivity index (χ4n) is 1.84. The Hall–Kier alpha value is -2.82. The van der Waals surface area contributed by atoms with Gasteiger partial charge in [-0.15, -0.1) is 0 Å². The summed E-state index contributed by atoms with van der Waals surface area (Å²) < 4.78 is 5.33. The fraction of sp³-hybridized carbons (Fsp3) is 0.125. The van der Waals surface area contributed by atoms with Crippen LogP contribution in [0.2, 0.25) is 0 Å². The second-order valence-electron chi connectivity index (χ2n) is 4.48. The SMILES string of the molecule is Cc1cc(NC(=O)COc2ccccc2)ccc1C(=O)O. The Kier molecular flexibility index (Phi) is 4.56. The number of carboxylic acids is 1. The Bertz CT molecular complexity index is 653. The van der Waals surface area contributed by atoms with E-state index in [-0.39, 0.29) is 18.1 Å². The normalized spacial score (nSPS) is 9.95. The number of carbonyl (C=O) groups excluding carboxylic acids is 1. The number of hydrogen-bond acceptors (Lipinski definition) is 3. The summed E-state index contributed by atoms with van der Waals surface area (Å²) in [6.45, 7) is 1.57. The third kappa shape index (κ3) is 4.07. The van der Waals surface area contributed by atoms with E-state index in [9.17, 15) is 9.59 Å². The molecule has 2 N–H and O–H groups in total. The number of carboxylic acid groups (broad SMARTS) is 1. The second kappa shape index (κ2) is 6.56. The summed E-state index contributed by atoms with van der Waals surface area (Å²) in [4.78, 5) is 22.7. The van der Waals surface area contributed by atoms with Gasteiger partial charge >= 0.3 is 5.97 Å². The van der Waals surface area contributed by atoms with Crippen molar-refractivity contribution in [3.05, 3.63) is 59.7 Å². The molecule has 108 valence electrons. The van der Waals surface area contributed by atoms with Crippen LogP contribution < -0.4 is 10.1 Å². The number of ether oxygens (including phenoxy) is 1. The van der Waals surface area contributed by atoms with Crippen LogP contribution in [0.5, 0.6) is 5.75 Å². The van der Waals surface area contributed by atoms with Crippen LogP contribution in [0.4, 0.5) is 5.69 Å². The number of carbonyl (C=O) groups is 2. The Balaban J connectivity index is 1.94. The Morgan fingerprint density at radius 1 is 1.14 bits per heavy atom. The van der Waals surface area contributed by atoms with Crippen molar-refractivity contribution < 1.29 is 19.4 Å². The van der Waals surface area contributed by atoms with E-state index < -0.39 is 5.97 Å². The molecule has 2 aromatic rings. The zero-order valence-corrected chi connectivity index (χ0v) is 11.5. The van der Waals surface area contributed by atoms with Gasteiger partial charge in [0.25, 0.3) is 5.91 Å². The van der Waals surface area contributed by atoms with Crippen molar-refractivity contribution >= 4 is 17.6 Å². The topological polar surface area (TPSA) is 75.6 Å². The largest absolute Gasteiger partial charge is 0.484 e. The molecule has 0 atom stereocenters. The van der Waals surface area contributed by atoms with E-state index in [2.05, 4.69) is 5.32 Å². The summed E-state index contributed by atoms with van der Waals surface area (Å²) >= 11 is 0. The van der Waals surface area contributed by atoms with Crippen molar-refractivity contribution in [2.24, 2.45) is 0 Å². The highest BCUT2D eigenvalue weighted by Crippen LogP contribution is 2.15. The number of amides is 1. The number of para-hydroxylation sites is 1. The van der Waals surface area contributed by atoms with Crippen LogP contribution in [-0.2, 0) is 4.79 Å². The predicted molar refractivity (Wildman–Crippen MR) is 78.7 cm³/mol. The minimum atomic E-state index is -0.988. The summed E-state index contributed by atoms with van der Waals surface area (Å²) in [6, 6.07) is 13.7. The van der Waals surface area contributed by atoms with Crippen molar-refractivity contribution in [2.45, 2.75) is 6.92 Å². The zero-order valence-electron chi connectivity index (χ0n) is 11.5. The summed E-state index contributed by atoms with van der Waals surface area (Å²) in [5.74, 6) is -0.677. The lowest BCUT2D eigenvalue weighted by Crippen LogP contribution is -2.20. The Labute approximate surface area is 122 Å². The summed E-state index contributed by atoms with van der Waals surface area (Å²) in [5.41, 5.74) is 1.34. The van der Waals surface area contributed by atoms with Gasteiger partial charge in [0.15, 0.2) is 6.61 Å². The van der Waals surface area contributed by atoms with Gasteiger partial charge in [-0.3, -0.25) is 4.79 Å². The average Bonchev–Trinajstić information content (AvgIpc) is 2.46. The highest BCUT2D eigenvalue weighted by atomic mass is 16.5. The van der Waals surface area contributed by atoms with Gasteiger partial charge in [-0.05, 0) is 42.8 Å². The van der Waals surface area contributed by atoms with E-state index in [1.807, 2.05) is 18.2 Å². The number of rotatable bonds is 5. The first-order valence-corrected chi connectivity index (χ1v) is 6.38. The minimum Gasteiger partial charge on any atom is -0.484 e. The summed E-state index contributed by atoms with van der Waals surface area (Å²) in [5, 5.41) is 11.6. The average molecular weight is 285 g/mol. The quantitative estimate of drug-likeness (QED) is 0.885. The first-order valence-electron chi connectivity index (χ1n) is 6.38. The number of aromatic carboxylic acids is 1. The minimum absolute atomic E-state index is 0.107. The van der Waals surface area contributed by atoms with Crippen molar-refractivity contribution in [3.8, 4) is 5.75 Å². The maximum absolute atomic E-state index is 11.8. The molecular weight excluding hydrogens is 270 g/mol. The third-order valence-corrected chi connectivity index (χ3v) is 2.85. The van der Waals surface area contributed by atoms with Crippen LogP contribution in [0.3, 0.4) is 0 Å². The highest BCUT2D eigenvalue weighted by molar-refractivity contribution is 5.94. The molecule has 0 aliphatic heterocycles. The van der Waals surface area contributed by atoms with Gasteiger partial charge in [0, 0.05) is 5.69 Å². The van der Waals surface area contributed by atoms with Crippen LogP contribution >= 0.6 is 0 Å². The van der Waals surface area contributed by atoms with Gasteiger partial charge in [-0.2, -0.15) is 0 Å². The predicted octanol–water partition coefficient (Wildman–Crippen LogP) is 2.71. The molecule has 0 fully saturated rings. The first kappa shape index (κ1) is 14.6. The van der Waals surface area contributed by atoms with Crippen LogP contribution in [0.25, 0.3) is 0 Å². The Morgan fingerprint density at radius 3 is 2.48 bits per heavy atom. The third-order valence-electron chi connectivity index (χ3n) is 2.85. The molecule has 0 unspecified atom stereocenters. The molecule has 5 nitrogen and oxygen atoms in total. The molecule has 0 saturated carbocycles. The highest BCUT2D eigenvalue weighted by Gasteiger charge is 2.09. The number of aryl methyl sites for hydroxylation is 1. The molecule has 0 heterocycles. The first-order chi connectivity index (χ1) is 10.1. The van der Waals surface area contributed by atoms with Crippen molar-refractivity contribution in [2.75, 3.05) is 11.9 Å². The summed E-state index contributed by atoms with van der Waals surface area (Å²) in [6.07, 6.45) is 0. The molecule has 0 aliphatic carbocycles. The molecule has 5 heteroatoms. The number of hydrogen-bond donors (Lipinski definition) is 2. The molecule has 1 amide bonds. The van der Waals surface area contributed by atoms with Crippen molar-refractivity contribution in [1.29, 1.82) is 0 Å². The van der Waals surface area contributed by atoms with Crippen LogP contribution in [0.1, 0.15) is 15.9 Å². The van der Waals surface area contributed by atoms with Gasteiger partial charge in [0.2, 0.25) is 0 Å². The van der Waals surface area contributed by atoms with Gasteiger partial charge < -0.3 is 15.2 Å². The maximum atomic E-state index is 11.8. The molecule has 0 aromatic heterocycles. The molecule has 2 aromatic carbocycles. The maximum Gasteiger partial charge on any atom is 0.335 e. The van der Waals surface area contributed by atoms with Crippen LogP contribution in [0, 0.1) is 6.92 Å². The van der Waals surface area contributed by atoms with Crippen LogP contribution in [-0.4, -0.2) is 23.6 Å². The smallest absolute Gasteiger partial charge is 0.335 e. The van der Waals surface area contributed by atoms with Gasteiger partial charge in [0.05, 0.1) is 5.56 Å². The second-order valence-corrected chi connectivity index (χ2v) is 4.48. The van der Waals surface area contributed by atoms with Gasteiger partial charge in [-0.1, -0.05) is 18.2 Å². The van der Waals surface area contributed by atoms with E-state index in [1.54, 1.807) is 31.2 Å². The molecule has 0 radical (unpaired) electrons. The fourth-order valence-corrected chi connectivity index (χ4v) is 1.84. The van der Waals surface area contributed by atoms with E-state index in [4.69, 9.17) is 9.84 Å². The molecule has 2 rings (SSSR count). The van der Waals surface area contributed by atoms with Crippen molar-refractivity contribution in [3.63, 3.8) is 0 Å². The van der Waals surface area contributed by atoms with E-state index in [0.717, 1.165) is 0 Å². The molecule has 21 heavy (non-hydrogen) atoms. The zero-order chi connectivity index (χ0) is 15.2. The molecule has 0 aliphatic rings. The van der Waals surface area contributed by atoms with E-state index >= 15 is 0 Å². The lowest BCUT2D eigenvalue weighted by atomic mass is 10.1. The molecular formula is C16H15NO4. The lowest BCUT2D eigenvalue weighted by molar-refractivity contribution is -0.118. The molecule has 0 saturated heterocycles. The number of anilines is 1. The Morgan fingerprint density at radius 2 is 1.86 bits per heavy atom. The molecule has 0 spiro atoms. The standard InChI is InChI=1S/C16H15NO4/c1-11-9-12(7-8-14(11)16(19)20)17-15(18)10-21-13-5-3-2-4-6-13/h2-9H,10H2,1H3,(H,17,18)(H,19,20). The molecule has 0 bridgehead atoms. The number of nitrogens with one attached hydrogen (secondary N) is 1. The summed E-state index contributed by atoms with van der Waals surface area (Å²) in [7, 11) is 0. The van der Waals surface area contributed by atoms with Gasteiger partial charge in [-0.25, -0.2) is 4.79 Å².